The van der Waals surface area contributed by atoms with Gasteiger partial charge in [0.2, 0.25) is 0 Å². The van der Waals surface area contributed by atoms with Crippen molar-refractivity contribution in [1.29, 1.82) is 5.26 Å². The molecular formula is C17H16N2O. The fourth-order valence-corrected chi connectivity index (χ4v) is 2.96. The van der Waals surface area contributed by atoms with E-state index in [4.69, 9.17) is 5.26 Å². The summed E-state index contributed by atoms with van der Waals surface area (Å²) in [6, 6.07) is 11.9. The number of rotatable bonds is 2. The lowest BCUT2D eigenvalue weighted by atomic mass is 10.0. The maximum atomic E-state index is 12.2. The topological polar surface area (TPSA) is 45.8 Å². The summed E-state index contributed by atoms with van der Waals surface area (Å²) in [5, 5.41) is 8.96. The van der Waals surface area contributed by atoms with Crippen LogP contribution in [-0.4, -0.2) is 4.57 Å². The number of aryl methyl sites for hydroxylation is 2. The van der Waals surface area contributed by atoms with Crippen LogP contribution in [0.1, 0.15) is 30.0 Å². The van der Waals surface area contributed by atoms with E-state index in [0.29, 0.717) is 6.54 Å². The minimum absolute atomic E-state index is 0.201. The van der Waals surface area contributed by atoms with E-state index in [1.165, 1.54) is 17.5 Å². The Labute approximate surface area is 118 Å². The van der Waals surface area contributed by atoms with Crippen LogP contribution in [0.15, 0.2) is 35.1 Å². The molecule has 0 saturated carbocycles. The molecule has 1 heterocycles. The van der Waals surface area contributed by atoms with Gasteiger partial charge in [-0.3, -0.25) is 4.79 Å². The summed E-state index contributed by atoms with van der Waals surface area (Å²) < 4.78 is 1.68. The Balaban J connectivity index is 2.18. The molecule has 0 fully saturated rings. The van der Waals surface area contributed by atoms with Gasteiger partial charge in [0.1, 0.15) is 11.6 Å². The molecule has 2 aromatic rings. The zero-order valence-electron chi connectivity index (χ0n) is 11.5. The molecular weight excluding hydrogens is 248 g/mol. The average Bonchev–Trinajstić information content (AvgIpc) is 2.94. The molecule has 1 aromatic heterocycles. The second-order valence-corrected chi connectivity index (χ2v) is 5.13. The van der Waals surface area contributed by atoms with Crippen LogP contribution in [0.25, 0.3) is 11.3 Å². The number of nitrogens with zero attached hydrogens (tertiary/aromatic N) is 2. The zero-order valence-corrected chi connectivity index (χ0v) is 11.5. The molecule has 100 valence electrons. The van der Waals surface area contributed by atoms with Gasteiger partial charge in [0.25, 0.3) is 5.56 Å². The lowest BCUT2D eigenvalue weighted by Crippen LogP contribution is -2.23. The highest BCUT2D eigenvalue weighted by molar-refractivity contribution is 5.62. The maximum Gasteiger partial charge on any atom is 0.268 e. The molecule has 3 nitrogen and oxygen atoms in total. The Bertz CT molecular complexity index is 766. The fraction of sp³-hybridized carbons (Fsp3) is 0.294. The fourth-order valence-electron chi connectivity index (χ4n) is 2.96. The van der Waals surface area contributed by atoms with Crippen molar-refractivity contribution in [3.8, 4) is 17.3 Å². The van der Waals surface area contributed by atoms with Crippen molar-refractivity contribution in [1.82, 2.24) is 4.57 Å². The minimum Gasteiger partial charge on any atom is -0.307 e. The summed E-state index contributed by atoms with van der Waals surface area (Å²) in [6.07, 6.45) is 3.49. The van der Waals surface area contributed by atoms with Crippen molar-refractivity contribution in [3.05, 3.63) is 57.4 Å². The van der Waals surface area contributed by atoms with E-state index in [0.717, 1.165) is 24.1 Å². The van der Waals surface area contributed by atoms with Crippen LogP contribution in [0.5, 0.6) is 0 Å². The first-order chi connectivity index (χ1) is 9.74. The van der Waals surface area contributed by atoms with Gasteiger partial charge in [-0.15, -0.1) is 0 Å². The van der Waals surface area contributed by atoms with Gasteiger partial charge in [0.15, 0.2) is 0 Å². The molecule has 0 N–H and O–H groups in total. The highest BCUT2D eigenvalue weighted by Gasteiger charge is 2.14. The Morgan fingerprint density at radius 1 is 1.20 bits per heavy atom. The largest absolute Gasteiger partial charge is 0.307 e. The third-order valence-electron chi connectivity index (χ3n) is 4.01. The first-order valence-electron chi connectivity index (χ1n) is 7.00. The summed E-state index contributed by atoms with van der Waals surface area (Å²) >= 11 is 0. The predicted octanol–water partition coefficient (Wildman–Crippen LogP) is 2.90. The molecule has 0 amide bonds. The van der Waals surface area contributed by atoms with Crippen molar-refractivity contribution in [2.24, 2.45) is 0 Å². The summed E-state index contributed by atoms with van der Waals surface area (Å²) in [6.45, 7) is 2.50. The second-order valence-electron chi connectivity index (χ2n) is 5.13. The Morgan fingerprint density at radius 3 is 2.75 bits per heavy atom. The van der Waals surface area contributed by atoms with E-state index >= 15 is 0 Å². The zero-order chi connectivity index (χ0) is 14.1. The van der Waals surface area contributed by atoms with Crippen molar-refractivity contribution < 1.29 is 0 Å². The van der Waals surface area contributed by atoms with Gasteiger partial charge >= 0.3 is 0 Å². The number of hydrogen-bond acceptors (Lipinski definition) is 2. The van der Waals surface area contributed by atoms with Gasteiger partial charge in [-0.25, -0.2) is 0 Å². The molecule has 1 aliphatic rings. The molecule has 3 heteroatoms. The van der Waals surface area contributed by atoms with E-state index in [2.05, 4.69) is 18.2 Å². The molecule has 3 rings (SSSR count). The maximum absolute atomic E-state index is 12.2. The first-order valence-corrected chi connectivity index (χ1v) is 7.00. The van der Waals surface area contributed by atoms with Crippen molar-refractivity contribution in [2.45, 2.75) is 32.7 Å². The van der Waals surface area contributed by atoms with E-state index in [1.807, 2.05) is 19.1 Å². The third kappa shape index (κ3) is 1.94. The lowest BCUT2D eigenvalue weighted by Gasteiger charge is -2.12. The molecule has 1 aromatic carbocycles. The van der Waals surface area contributed by atoms with Gasteiger partial charge in [0.05, 0.1) is 5.69 Å². The Kier molecular flexibility index (Phi) is 3.15. The van der Waals surface area contributed by atoms with Crippen molar-refractivity contribution in [2.75, 3.05) is 0 Å². The molecule has 0 spiro atoms. The Morgan fingerprint density at radius 2 is 2.00 bits per heavy atom. The summed E-state index contributed by atoms with van der Waals surface area (Å²) in [5.74, 6) is 0. The highest BCUT2D eigenvalue weighted by Crippen LogP contribution is 2.27. The number of fused-ring (bicyclic) bond motifs is 1. The average molecular weight is 264 g/mol. The molecule has 1 aliphatic carbocycles. The molecule has 0 bridgehead atoms. The Hall–Kier alpha value is -2.34. The number of nitriles is 1. The van der Waals surface area contributed by atoms with E-state index in [1.54, 1.807) is 10.6 Å². The first kappa shape index (κ1) is 12.7. The van der Waals surface area contributed by atoms with E-state index in [9.17, 15) is 4.79 Å². The third-order valence-corrected chi connectivity index (χ3v) is 4.01. The standard InChI is InChI=1S/C17H16N2O/c1-2-19-16(9-8-15(11-18)17(19)20)14-7-6-12-4-3-5-13(12)10-14/h6-10H,2-5H2,1H3. The van der Waals surface area contributed by atoms with Gasteiger partial charge in [-0.05, 0) is 61.1 Å². The van der Waals surface area contributed by atoms with Crippen LogP contribution in [-0.2, 0) is 19.4 Å². The second kappa shape index (κ2) is 4.97. The monoisotopic (exact) mass is 264 g/mol. The molecule has 0 aliphatic heterocycles. The lowest BCUT2D eigenvalue weighted by molar-refractivity contribution is 0.733. The molecule has 0 radical (unpaired) electrons. The number of aromatic nitrogens is 1. The van der Waals surface area contributed by atoms with E-state index < -0.39 is 0 Å². The van der Waals surface area contributed by atoms with Crippen LogP contribution in [0, 0.1) is 11.3 Å². The van der Waals surface area contributed by atoms with Crippen LogP contribution in [0.4, 0.5) is 0 Å². The molecule has 0 atom stereocenters. The minimum atomic E-state index is -0.201. The predicted molar refractivity (Wildman–Crippen MR) is 78.6 cm³/mol. The van der Waals surface area contributed by atoms with E-state index in [-0.39, 0.29) is 11.1 Å². The van der Waals surface area contributed by atoms with Crippen LogP contribution in [0.2, 0.25) is 0 Å². The summed E-state index contributed by atoms with van der Waals surface area (Å²) in [4.78, 5) is 12.2. The number of pyridine rings is 1. The van der Waals surface area contributed by atoms with Crippen LogP contribution >= 0.6 is 0 Å². The molecule has 20 heavy (non-hydrogen) atoms. The summed E-state index contributed by atoms with van der Waals surface area (Å²) in [5.41, 5.74) is 4.78. The molecule has 0 saturated heterocycles. The highest BCUT2D eigenvalue weighted by atomic mass is 16.1. The SMILES string of the molecule is CCn1c(-c2ccc3c(c2)CCC3)ccc(C#N)c1=O. The van der Waals surface area contributed by atoms with Crippen molar-refractivity contribution in [3.63, 3.8) is 0 Å². The van der Waals surface area contributed by atoms with Gasteiger partial charge in [-0.2, -0.15) is 5.26 Å². The van der Waals surface area contributed by atoms with Gasteiger partial charge in [0, 0.05) is 6.54 Å². The number of benzene rings is 1. The normalized spacial score (nSPS) is 13.0. The van der Waals surface area contributed by atoms with Crippen molar-refractivity contribution >= 4 is 0 Å². The number of hydrogen-bond donors (Lipinski definition) is 0. The smallest absolute Gasteiger partial charge is 0.268 e. The van der Waals surface area contributed by atoms with Gasteiger partial charge < -0.3 is 4.57 Å². The molecule has 0 unspecified atom stereocenters. The van der Waals surface area contributed by atoms with Crippen LogP contribution in [0.3, 0.4) is 0 Å². The van der Waals surface area contributed by atoms with Gasteiger partial charge in [-0.1, -0.05) is 12.1 Å². The summed E-state index contributed by atoms with van der Waals surface area (Å²) in [7, 11) is 0. The quantitative estimate of drug-likeness (QED) is 0.837. The van der Waals surface area contributed by atoms with Crippen LogP contribution < -0.4 is 5.56 Å².